The van der Waals surface area contributed by atoms with E-state index in [9.17, 15) is 4.79 Å². The van der Waals surface area contributed by atoms with Crippen molar-refractivity contribution in [2.75, 3.05) is 33.3 Å². The lowest BCUT2D eigenvalue weighted by atomic mass is 9.97. The standard InChI is InChI=1S/C19H29N3O2.ClH/c1-24-17-8-6-15(7-9-17)13-22-11-3-4-16(14-22)12-21-19(23)18-5-2-10-20-18;/h6-9,16,18,20H,2-5,10-14H2,1H3,(H,21,23);1H. The Hall–Kier alpha value is -1.30. The maximum atomic E-state index is 12.1. The fraction of sp³-hybridized carbons (Fsp3) is 0.632. The van der Waals surface area contributed by atoms with E-state index in [0.29, 0.717) is 5.92 Å². The van der Waals surface area contributed by atoms with Gasteiger partial charge in [0.15, 0.2) is 0 Å². The number of nitrogens with one attached hydrogen (secondary N) is 2. The second-order valence-corrected chi connectivity index (χ2v) is 6.99. The third-order valence-corrected chi connectivity index (χ3v) is 5.11. The number of hydrogen-bond acceptors (Lipinski definition) is 4. The highest BCUT2D eigenvalue weighted by Gasteiger charge is 2.24. The van der Waals surface area contributed by atoms with E-state index < -0.39 is 0 Å². The summed E-state index contributed by atoms with van der Waals surface area (Å²) in [6.07, 6.45) is 4.49. The van der Waals surface area contributed by atoms with Crippen LogP contribution in [-0.4, -0.2) is 50.1 Å². The van der Waals surface area contributed by atoms with Crippen LogP contribution in [0, 0.1) is 5.92 Å². The van der Waals surface area contributed by atoms with Gasteiger partial charge in [-0.2, -0.15) is 0 Å². The fourth-order valence-corrected chi connectivity index (χ4v) is 3.73. The summed E-state index contributed by atoms with van der Waals surface area (Å²) < 4.78 is 5.21. The minimum absolute atomic E-state index is 0. The Kier molecular flexibility index (Phi) is 8.00. The van der Waals surface area contributed by atoms with Crippen molar-refractivity contribution in [2.24, 2.45) is 5.92 Å². The van der Waals surface area contributed by atoms with E-state index in [1.807, 2.05) is 12.1 Å². The number of hydrogen-bond donors (Lipinski definition) is 2. The average Bonchev–Trinajstić information content (AvgIpc) is 3.15. The maximum absolute atomic E-state index is 12.1. The van der Waals surface area contributed by atoms with Crippen LogP contribution in [0.15, 0.2) is 24.3 Å². The zero-order chi connectivity index (χ0) is 16.8. The number of amides is 1. The van der Waals surface area contributed by atoms with Gasteiger partial charge in [-0.1, -0.05) is 12.1 Å². The van der Waals surface area contributed by atoms with Crippen molar-refractivity contribution in [3.63, 3.8) is 0 Å². The average molecular weight is 368 g/mol. The van der Waals surface area contributed by atoms with E-state index in [0.717, 1.165) is 51.3 Å². The molecule has 5 nitrogen and oxygen atoms in total. The quantitative estimate of drug-likeness (QED) is 0.809. The van der Waals surface area contributed by atoms with Gasteiger partial charge < -0.3 is 15.4 Å². The van der Waals surface area contributed by atoms with Crippen molar-refractivity contribution < 1.29 is 9.53 Å². The molecule has 1 aromatic rings. The van der Waals surface area contributed by atoms with Crippen molar-refractivity contribution in [2.45, 2.75) is 38.3 Å². The number of benzene rings is 1. The topological polar surface area (TPSA) is 53.6 Å². The van der Waals surface area contributed by atoms with Gasteiger partial charge in [0.05, 0.1) is 13.2 Å². The van der Waals surface area contributed by atoms with Crippen molar-refractivity contribution in [1.82, 2.24) is 15.5 Å². The predicted molar refractivity (Wildman–Crippen MR) is 102 cm³/mol. The molecule has 6 heteroatoms. The van der Waals surface area contributed by atoms with Gasteiger partial charge in [-0.15, -0.1) is 12.4 Å². The molecule has 0 aromatic heterocycles. The summed E-state index contributed by atoms with van der Waals surface area (Å²) in [7, 11) is 1.69. The van der Waals surface area contributed by atoms with Gasteiger partial charge in [-0.05, 0) is 62.4 Å². The van der Waals surface area contributed by atoms with Gasteiger partial charge in [0.25, 0.3) is 0 Å². The van der Waals surface area contributed by atoms with Crippen molar-refractivity contribution >= 4 is 18.3 Å². The zero-order valence-corrected chi connectivity index (χ0v) is 15.8. The smallest absolute Gasteiger partial charge is 0.237 e. The van der Waals surface area contributed by atoms with Crippen LogP contribution < -0.4 is 15.4 Å². The minimum Gasteiger partial charge on any atom is -0.497 e. The Morgan fingerprint density at radius 2 is 2.08 bits per heavy atom. The SMILES string of the molecule is COc1ccc(CN2CCCC(CNC(=O)C3CCCN3)C2)cc1.Cl. The Morgan fingerprint density at radius 1 is 1.28 bits per heavy atom. The Balaban J connectivity index is 0.00000225. The van der Waals surface area contributed by atoms with E-state index in [2.05, 4.69) is 27.7 Å². The highest BCUT2D eigenvalue weighted by molar-refractivity contribution is 5.85. The summed E-state index contributed by atoms with van der Waals surface area (Å²) in [6.45, 7) is 4.94. The second-order valence-electron chi connectivity index (χ2n) is 6.99. The molecule has 140 valence electrons. The summed E-state index contributed by atoms with van der Waals surface area (Å²) >= 11 is 0. The zero-order valence-electron chi connectivity index (χ0n) is 15.0. The van der Waals surface area contributed by atoms with E-state index in [1.54, 1.807) is 7.11 Å². The van der Waals surface area contributed by atoms with Crippen LogP contribution >= 0.6 is 12.4 Å². The molecule has 0 spiro atoms. The maximum Gasteiger partial charge on any atom is 0.237 e. The molecule has 25 heavy (non-hydrogen) atoms. The molecule has 3 rings (SSSR count). The van der Waals surface area contributed by atoms with Gasteiger partial charge >= 0.3 is 0 Å². The highest BCUT2D eigenvalue weighted by Crippen LogP contribution is 2.19. The first kappa shape index (κ1) is 20.0. The van der Waals surface area contributed by atoms with Crippen LogP contribution in [0.1, 0.15) is 31.2 Å². The highest BCUT2D eigenvalue weighted by atomic mass is 35.5. The number of piperidine rings is 1. The van der Waals surface area contributed by atoms with E-state index in [4.69, 9.17) is 4.74 Å². The third-order valence-electron chi connectivity index (χ3n) is 5.11. The summed E-state index contributed by atoms with van der Waals surface area (Å²) in [5.74, 6) is 1.64. The van der Waals surface area contributed by atoms with Gasteiger partial charge in [0, 0.05) is 19.6 Å². The number of rotatable bonds is 6. The second kappa shape index (κ2) is 10.00. The Morgan fingerprint density at radius 3 is 2.76 bits per heavy atom. The number of ether oxygens (including phenoxy) is 1. The first-order valence-electron chi connectivity index (χ1n) is 9.11. The van der Waals surface area contributed by atoms with E-state index in [-0.39, 0.29) is 24.4 Å². The summed E-state index contributed by atoms with van der Waals surface area (Å²) in [5, 5.41) is 6.41. The molecule has 2 N–H and O–H groups in total. The molecule has 0 saturated carbocycles. The molecule has 0 bridgehead atoms. The molecule has 0 aliphatic carbocycles. The molecule has 1 amide bonds. The van der Waals surface area contributed by atoms with Crippen molar-refractivity contribution in [3.8, 4) is 5.75 Å². The van der Waals surface area contributed by atoms with Gasteiger partial charge in [0.1, 0.15) is 5.75 Å². The number of carbonyl (C=O) groups is 1. The minimum atomic E-state index is 0. The lowest BCUT2D eigenvalue weighted by Gasteiger charge is -2.33. The number of halogens is 1. The van der Waals surface area contributed by atoms with E-state index in [1.165, 1.54) is 18.4 Å². The number of likely N-dealkylation sites (tertiary alicyclic amines) is 1. The molecule has 1 aromatic carbocycles. The van der Waals surface area contributed by atoms with Crippen LogP contribution in [0.25, 0.3) is 0 Å². The monoisotopic (exact) mass is 367 g/mol. The van der Waals surface area contributed by atoms with Crippen LogP contribution in [0.3, 0.4) is 0 Å². The Labute approximate surface area is 156 Å². The number of carbonyl (C=O) groups excluding carboxylic acids is 1. The molecule has 2 aliphatic heterocycles. The lowest BCUT2D eigenvalue weighted by Crippen LogP contribution is -2.45. The molecular formula is C19H30ClN3O2. The van der Waals surface area contributed by atoms with Gasteiger partial charge in [-0.25, -0.2) is 0 Å². The molecular weight excluding hydrogens is 338 g/mol. The molecule has 2 unspecified atom stereocenters. The predicted octanol–water partition coefficient (Wildman–Crippen LogP) is 2.20. The summed E-state index contributed by atoms with van der Waals surface area (Å²) in [5.41, 5.74) is 1.32. The van der Waals surface area contributed by atoms with E-state index >= 15 is 0 Å². The van der Waals surface area contributed by atoms with Crippen LogP contribution in [0.4, 0.5) is 0 Å². The molecule has 2 saturated heterocycles. The van der Waals surface area contributed by atoms with Crippen molar-refractivity contribution in [1.29, 1.82) is 0 Å². The normalized spacial score (nSPS) is 23.7. The molecule has 2 heterocycles. The molecule has 2 atom stereocenters. The van der Waals surface area contributed by atoms with Gasteiger partial charge in [-0.3, -0.25) is 9.69 Å². The largest absolute Gasteiger partial charge is 0.497 e. The molecule has 2 aliphatic rings. The van der Waals surface area contributed by atoms with Crippen LogP contribution in [-0.2, 0) is 11.3 Å². The molecule has 0 radical (unpaired) electrons. The lowest BCUT2D eigenvalue weighted by molar-refractivity contribution is -0.123. The first-order chi connectivity index (χ1) is 11.7. The number of nitrogens with zero attached hydrogens (tertiary/aromatic N) is 1. The fourth-order valence-electron chi connectivity index (χ4n) is 3.73. The van der Waals surface area contributed by atoms with Gasteiger partial charge in [0.2, 0.25) is 5.91 Å². The van der Waals surface area contributed by atoms with Crippen LogP contribution in [0.2, 0.25) is 0 Å². The summed E-state index contributed by atoms with van der Waals surface area (Å²) in [6, 6.07) is 8.34. The first-order valence-corrected chi connectivity index (χ1v) is 9.11. The van der Waals surface area contributed by atoms with Crippen molar-refractivity contribution in [3.05, 3.63) is 29.8 Å². The Bertz CT molecular complexity index is 532. The molecule has 2 fully saturated rings. The summed E-state index contributed by atoms with van der Waals surface area (Å²) in [4.78, 5) is 14.6. The van der Waals surface area contributed by atoms with Crippen LogP contribution in [0.5, 0.6) is 5.75 Å². The number of methoxy groups -OCH3 is 1. The third kappa shape index (κ3) is 5.87.